The highest BCUT2D eigenvalue weighted by molar-refractivity contribution is 5.57. The lowest BCUT2D eigenvalue weighted by atomic mass is 10.1. The van der Waals surface area contributed by atoms with Crippen LogP contribution in [0.5, 0.6) is 0 Å². The van der Waals surface area contributed by atoms with Crippen molar-refractivity contribution in [2.24, 2.45) is 5.92 Å². The number of nitro groups is 1. The van der Waals surface area contributed by atoms with Gasteiger partial charge in [-0.05, 0) is 30.9 Å². The molecule has 8 heteroatoms. The molecule has 1 aliphatic carbocycles. The molecule has 2 fully saturated rings. The molecular weight excluding hydrogens is 311 g/mol. The number of hydrogen-bond acceptors (Lipinski definition) is 4. The first-order chi connectivity index (χ1) is 10.8. The van der Waals surface area contributed by atoms with E-state index < -0.39 is 22.4 Å². The third-order valence-electron chi connectivity index (χ3n) is 4.43. The minimum Gasteiger partial charge on any atom is -0.369 e. The minimum absolute atomic E-state index is 0.397. The Morgan fingerprint density at radius 3 is 2.35 bits per heavy atom. The van der Waals surface area contributed by atoms with E-state index in [9.17, 15) is 23.3 Å². The van der Waals surface area contributed by atoms with Crippen molar-refractivity contribution in [3.05, 3.63) is 33.9 Å². The Balaban J connectivity index is 1.74. The normalized spacial score (nSPS) is 19.9. The Bertz CT molecular complexity index is 594. The monoisotopic (exact) mass is 329 g/mol. The van der Waals surface area contributed by atoms with E-state index in [1.54, 1.807) is 0 Å². The number of benzene rings is 1. The van der Waals surface area contributed by atoms with Gasteiger partial charge < -0.3 is 4.90 Å². The molecule has 1 aliphatic heterocycles. The van der Waals surface area contributed by atoms with Gasteiger partial charge in [0.2, 0.25) is 0 Å². The average molecular weight is 329 g/mol. The zero-order valence-electron chi connectivity index (χ0n) is 12.6. The van der Waals surface area contributed by atoms with Crippen LogP contribution in [-0.2, 0) is 6.18 Å². The van der Waals surface area contributed by atoms with Crippen LogP contribution in [-0.4, -0.2) is 42.5 Å². The standard InChI is InChI=1S/C15H18F3N3O2/c16-15(17,18)13-9-12(3-4-14(13)21(22)23)20-7-5-19(6-8-20)10-11-1-2-11/h3-4,9,11H,1-2,5-8,10H2. The second-order valence-corrected chi connectivity index (χ2v) is 6.19. The van der Waals surface area contributed by atoms with Gasteiger partial charge in [0, 0.05) is 44.5 Å². The number of hydrogen-bond donors (Lipinski definition) is 0. The van der Waals surface area contributed by atoms with Crippen molar-refractivity contribution in [3.8, 4) is 0 Å². The Hall–Kier alpha value is -1.83. The van der Waals surface area contributed by atoms with Gasteiger partial charge in [-0.25, -0.2) is 0 Å². The SMILES string of the molecule is O=[N+]([O-])c1ccc(N2CCN(CC3CC3)CC2)cc1C(F)(F)F. The number of anilines is 1. The predicted molar refractivity (Wildman–Crippen MR) is 79.5 cm³/mol. The predicted octanol–water partition coefficient (Wildman–Crippen LogP) is 3.15. The quantitative estimate of drug-likeness (QED) is 0.629. The molecule has 23 heavy (non-hydrogen) atoms. The maximum absolute atomic E-state index is 13.0. The van der Waals surface area contributed by atoms with Gasteiger partial charge >= 0.3 is 6.18 Å². The van der Waals surface area contributed by atoms with E-state index in [0.29, 0.717) is 18.8 Å². The van der Waals surface area contributed by atoms with E-state index in [2.05, 4.69) is 4.90 Å². The Labute approximate surface area is 131 Å². The van der Waals surface area contributed by atoms with Crippen molar-refractivity contribution >= 4 is 11.4 Å². The summed E-state index contributed by atoms with van der Waals surface area (Å²) < 4.78 is 39.1. The highest BCUT2D eigenvalue weighted by Gasteiger charge is 2.39. The van der Waals surface area contributed by atoms with Crippen LogP contribution in [0.15, 0.2) is 18.2 Å². The lowest BCUT2D eigenvalue weighted by Crippen LogP contribution is -2.47. The highest BCUT2D eigenvalue weighted by atomic mass is 19.4. The summed E-state index contributed by atoms with van der Waals surface area (Å²) in [6.45, 7) is 3.98. The van der Waals surface area contributed by atoms with Crippen LogP contribution >= 0.6 is 0 Å². The Morgan fingerprint density at radius 1 is 1.17 bits per heavy atom. The first-order valence-corrected chi connectivity index (χ1v) is 7.67. The summed E-state index contributed by atoms with van der Waals surface area (Å²) in [5.41, 5.74) is -1.68. The topological polar surface area (TPSA) is 49.6 Å². The van der Waals surface area contributed by atoms with Crippen molar-refractivity contribution < 1.29 is 18.1 Å². The fourth-order valence-electron chi connectivity index (χ4n) is 2.96. The molecule has 0 amide bonds. The molecule has 1 heterocycles. The maximum atomic E-state index is 13.0. The molecule has 0 aromatic heterocycles. The molecule has 0 unspecified atom stereocenters. The fraction of sp³-hybridized carbons (Fsp3) is 0.600. The van der Waals surface area contributed by atoms with E-state index in [1.807, 2.05) is 4.90 Å². The molecular formula is C15H18F3N3O2. The highest BCUT2D eigenvalue weighted by Crippen LogP contribution is 2.38. The van der Waals surface area contributed by atoms with E-state index in [0.717, 1.165) is 37.7 Å². The number of halogens is 3. The Kier molecular flexibility index (Phi) is 4.18. The molecule has 2 aliphatic rings. The fourth-order valence-corrected chi connectivity index (χ4v) is 2.96. The van der Waals surface area contributed by atoms with Crippen LogP contribution in [0, 0.1) is 16.0 Å². The third kappa shape index (κ3) is 3.74. The van der Waals surface area contributed by atoms with Gasteiger partial charge in [-0.3, -0.25) is 15.0 Å². The molecule has 3 rings (SSSR count). The molecule has 1 saturated heterocycles. The third-order valence-corrected chi connectivity index (χ3v) is 4.43. The first kappa shape index (κ1) is 16.0. The van der Waals surface area contributed by atoms with E-state index in [1.165, 1.54) is 18.9 Å². The van der Waals surface area contributed by atoms with Gasteiger partial charge in [0.05, 0.1) is 4.92 Å². The van der Waals surface area contributed by atoms with Crippen molar-refractivity contribution in [2.45, 2.75) is 19.0 Å². The zero-order valence-corrected chi connectivity index (χ0v) is 12.6. The molecule has 0 radical (unpaired) electrons. The molecule has 0 N–H and O–H groups in total. The summed E-state index contributed by atoms with van der Waals surface area (Å²) in [7, 11) is 0. The second kappa shape index (κ2) is 5.99. The zero-order chi connectivity index (χ0) is 16.6. The Morgan fingerprint density at radius 2 is 1.83 bits per heavy atom. The number of piperazine rings is 1. The van der Waals surface area contributed by atoms with Gasteiger partial charge in [-0.15, -0.1) is 0 Å². The summed E-state index contributed by atoms with van der Waals surface area (Å²) in [5, 5.41) is 10.8. The molecule has 5 nitrogen and oxygen atoms in total. The second-order valence-electron chi connectivity index (χ2n) is 6.19. The smallest absolute Gasteiger partial charge is 0.369 e. The van der Waals surface area contributed by atoms with Crippen LogP contribution < -0.4 is 4.90 Å². The van der Waals surface area contributed by atoms with Crippen molar-refractivity contribution in [1.29, 1.82) is 0 Å². The molecule has 1 aromatic rings. The van der Waals surface area contributed by atoms with E-state index in [-0.39, 0.29) is 0 Å². The molecule has 0 spiro atoms. The van der Waals surface area contributed by atoms with Crippen molar-refractivity contribution in [1.82, 2.24) is 4.90 Å². The van der Waals surface area contributed by atoms with Crippen molar-refractivity contribution in [2.75, 3.05) is 37.6 Å². The van der Waals surface area contributed by atoms with E-state index in [4.69, 9.17) is 0 Å². The van der Waals surface area contributed by atoms with Gasteiger partial charge in [-0.1, -0.05) is 0 Å². The first-order valence-electron chi connectivity index (χ1n) is 7.67. The summed E-state index contributed by atoms with van der Waals surface area (Å²) >= 11 is 0. The number of alkyl halides is 3. The van der Waals surface area contributed by atoms with Crippen LogP contribution in [0.3, 0.4) is 0 Å². The van der Waals surface area contributed by atoms with Crippen LogP contribution in [0.4, 0.5) is 24.5 Å². The molecule has 126 valence electrons. The maximum Gasteiger partial charge on any atom is 0.423 e. The molecule has 1 aromatic carbocycles. The van der Waals surface area contributed by atoms with Crippen LogP contribution in [0.25, 0.3) is 0 Å². The van der Waals surface area contributed by atoms with Crippen LogP contribution in [0.2, 0.25) is 0 Å². The largest absolute Gasteiger partial charge is 0.423 e. The van der Waals surface area contributed by atoms with Gasteiger partial charge in [-0.2, -0.15) is 13.2 Å². The molecule has 1 saturated carbocycles. The van der Waals surface area contributed by atoms with Gasteiger partial charge in [0.15, 0.2) is 0 Å². The summed E-state index contributed by atoms with van der Waals surface area (Å²) in [5.74, 6) is 0.790. The lowest BCUT2D eigenvalue weighted by molar-refractivity contribution is -0.388. The molecule has 0 bridgehead atoms. The lowest BCUT2D eigenvalue weighted by Gasteiger charge is -2.36. The number of nitrogens with zero attached hydrogens (tertiary/aromatic N) is 3. The summed E-state index contributed by atoms with van der Waals surface area (Å²) in [6.07, 6.45) is -2.18. The van der Waals surface area contributed by atoms with E-state index >= 15 is 0 Å². The van der Waals surface area contributed by atoms with Gasteiger partial charge in [0.25, 0.3) is 5.69 Å². The average Bonchev–Trinajstić information content (AvgIpc) is 3.30. The summed E-state index contributed by atoms with van der Waals surface area (Å²) in [4.78, 5) is 14.0. The molecule has 0 atom stereocenters. The van der Waals surface area contributed by atoms with Crippen molar-refractivity contribution in [3.63, 3.8) is 0 Å². The minimum atomic E-state index is -4.73. The summed E-state index contributed by atoms with van der Waals surface area (Å²) in [6, 6.07) is 3.26. The number of nitro benzene ring substituents is 1. The number of rotatable bonds is 4. The van der Waals surface area contributed by atoms with Gasteiger partial charge in [0.1, 0.15) is 5.56 Å². The van der Waals surface area contributed by atoms with Crippen LogP contribution in [0.1, 0.15) is 18.4 Å².